The Balaban J connectivity index is 2.55. The highest BCUT2D eigenvalue weighted by Gasteiger charge is 2.05. The maximum absolute atomic E-state index is 5.37. The van der Waals surface area contributed by atoms with Crippen LogP contribution in [0.5, 0.6) is 0 Å². The summed E-state index contributed by atoms with van der Waals surface area (Å²) in [5, 5.41) is 0. The minimum atomic E-state index is 0.694. The van der Waals surface area contributed by atoms with Crippen LogP contribution in [0.4, 0.5) is 0 Å². The van der Waals surface area contributed by atoms with Crippen molar-refractivity contribution in [1.29, 1.82) is 0 Å². The Bertz CT molecular complexity index is 571. The average Bonchev–Trinajstić information content (AvgIpc) is 2.33. The van der Waals surface area contributed by atoms with E-state index in [4.69, 9.17) is 6.42 Å². The number of rotatable bonds is 2. The first-order valence-electron chi connectivity index (χ1n) is 5.81. The molecule has 0 radical (unpaired) electrons. The van der Waals surface area contributed by atoms with E-state index in [-0.39, 0.29) is 0 Å². The van der Waals surface area contributed by atoms with Crippen molar-refractivity contribution in [3.63, 3.8) is 0 Å². The van der Waals surface area contributed by atoms with Crippen LogP contribution in [0.3, 0.4) is 0 Å². The third-order valence-corrected chi connectivity index (χ3v) is 3.04. The van der Waals surface area contributed by atoms with Gasteiger partial charge in [0.2, 0.25) is 0 Å². The molecular weight excluding hydrogens is 204 g/mol. The molecule has 2 aromatic rings. The van der Waals surface area contributed by atoms with Crippen LogP contribution in [-0.4, -0.2) is 0 Å². The number of aryl methyl sites for hydroxylation is 2. The van der Waals surface area contributed by atoms with Crippen molar-refractivity contribution in [1.82, 2.24) is 0 Å². The van der Waals surface area contributed by atoms with E-state index < -0.39 is 0 Å². The van der Waals surface area contributed by atoms with Gasteiger partial charge in [0.15, 0.2) is 0 Å². The lowest BCUT2D eigenvalue weighted by atomic mass is 9.94. The standard InChI is InChI=1S/C17H16/c1-4-7-15-11-10-14(3)17(12-15)16-9-6-5-8-13(16)2/h1,5-6,8-12H,7H2,2-3H3. The molecule has 0 N–H and O–H groups in total. The second-order valence-corrected chi connectivity index (χ2v) is 4.35. The van der Waals surface area contributed by atoms with Crippen LogP contribution >= 0.6 is 0 Å². The highest BCUT2D eigenvalue weighted by atomic mass is 14.1. The van der Waals surface area contributed by atoms with Crippen molar-refractivity contribution in [2.75, 3.05) is 0 Å². The fourth-order valence-corrected chi connectivity index (χ4v) is 2.06. The summed E-state index contributed by atoms with van der Waals surface area (Å²) < 4.78 is 0. The summed E-state index contributed by atoms with van der Waals surface area (Å²) in [7, 11) is 0. The van der Waals surface area contributed by atoms with E-state index in [2.05, 4.69) is 62.2 Å². The summed E-state index contributed by atoms with van der Waals surface area (Å²) in [6.45, 7) is 4.28. The fourth-order valence-electron chi connectivity index (χ4n) is 2.06. The van der Waals surface area contributed by atoms with E-state index in [1.165, 1.54) is 27.8 Å². The topological polar surface area (TPSA) is 0 Å². The van der Waals surface area contributed by atoms with Gasteiger partial charge in [-0.2, -0.15) is 0 Å². The Hall–Kier alpha value is -2.00. The largest absolute Gasteiger partial charge is 0.120 e. The van der Waals surface area contributed by atoms with Gasteiger partial charge in [-0.15, -0.1) is 12.3 Å². The van der Waals surface area contributed by atoms with Gasteiger partial charge >= 0.3 is 0 Å². The summed E-state index contributed by atoms with van der Waals surface area (Å²) in [4.78, 5) is 0. The molecule has 0 saturated carbocycles. The van der Waals surface area contributed by atoms with E-state index >= 15 is 0 Å². The van der Waals surface area contributed by atoms with E-state index in [0.29, 0.717) is 6.42 Å². The molecule has 0 spiro atoms. The molecule has 0 unspecified atom stereocenters. The van der Waals surface area contributed by atoms with Crippen LogP contribution in [0.15, 0.2) is 42.5 Å². The van der Waals surface area contributed by atoms with Crippen molar-refractivity contribution in [3.8, 4) is 23.5 Å². The van der Waals surface area contributed by atoms with Crippen molar-refractivity contribution >= 4 is 0 Å². The second kappa shape index (κ2) is 4.89. The van der Waals surface area contributed by atoms with E-state index in [1.54, 1.807) is 0 Å². The van der Waals surface area contributed by atoms with Crippen LogP contribution in [0.25, 0.3) is 11.1 Å². The normalized spacial score (nSPS) is 9.94. The van der Waals surface area contributed by atoms with Gasteiger partial charge in [-0.25, -0.2) is 0 Å². The van der Waals surface area contributed by atoms with Crippen LogP contribution in [0, 0.1) is 26.2 Å². The van der Waals surface area contributed by atoms with Crippen molar-refractivity contribution in [2.45, 2.75) is 20.3 Å². The van der Waals surface area contributed by atoms with Gasteiger partial charge in [0.05, 0.1) is 0 Å². The van der Waals surface area contributed by atoms with Gasteiger partial charge in [0, 0.05) is 6.42 Å². The third-order valence-electron chi connectivity index (χ3n) is 3.04. The molecule has 0 fully saturated rings. The molecule has 0 aliphatic heterocycles. The van der Waals surface area contributed by atoms with Crippen molar-refractivity contribution in [2.24, 2.45) is 0 Å². The lowest BCUT2D eigenvalue weighted by Crippen LogP contribution is -1.90. The molecule has 0 heteroatoms. The second-order valence-electron chi connectivity index (χ2n) is 4.35. The molecule has 0 aliphatic rings. The number of terminal acetylenes is 1. The zero-order valence-corrected chi connectivity index (χ0v) is 10.3. The van der Waals surface area contributed by atoms with E-state index in [9.17, 15) is 0 Å². The van der Waals surface area contributed by atoms with Crippen LogP contribution < -0.4 is 0 Å². The number of hydrogen-bond donors (Lipinski definition) is 0. The molecule has 0 aromatic heterocycles. The van der Waals surface area contributed by atoms with Gasteiger partial charge in [0.25, 0.3) is 0 Å². The summed E-state index contributed by atoms with van der Waals surface area (Å²) in [6.07, 6.45) is 6.06. The molecule has 17 heavy (non-hydrogen) atoms. The van der Waals surface area contributed by atoms with Gasteiger partial charge in [-0.1, -0.05) is 36.4 Å². The summed E-state index contributed by atoms with van der Waals surface area (Å²) >= 11 is 0. The Morgan fingerprint density at radius 3 is 2.35 bits per heavy atom. The molecular formula is C17H16. The highest BCUT2D eigenvalue weighted by Crippen LogP contribution is 2.27. The molecule has 0 bridgehead atoms. The molecule has 0 saturated heterocycles. The smallest absolute Gasteiger partial charge is 0.0337 e. The molecule has 0 nitrogen and oxygen atoms in total. The molecule has 0 heterocycles. The Morgan fingerprint density at radius 2 is 1.65 bits per heavy atom. The van der Waals surface area contributed by atoms with Gasteiger partial charge in [-0.05, 0) is 47.7 Å². The minimum Gasteiger partial charge on any atom is -0.120 e. The molecule has 0 amide bonds. The molecule has 2 rings (SSSR count). The predicted molar refractivity (Wildman–Crippen MR) is 73.9 cm³/mol. The summed E-state index contributed by atoms with van der Waals surface area (Å²) in [6, 6.07) is 14.9. The van der Waals surface area contributed by atoms with Crippen LogP contribution in [0.1, 0.15) is 16.7 Å². The van der Waals surface area contributed by atoms with E-state index in [1.807, 2.05) is 0 Å². The molecule has 2 aromatic carbocycles. The van der Waals surface area contributed by atoms with Crippen LogP contribution in [0.2, 0.25) is 0 Å². The average molecular weight is 220 g/mol. The first kappa shape index (κ1) is 11.5. The predicted octanol–water partition coefficient (Wildman–Crippen LogP) is 4.15. The zero-order chi connectivity index (χ0) is 12.3. The van der Waals surface area contributed by atoms with Gasteiger partial charge in [0.1, 0.15) is 0 Å². The quantitative estimate of drug-likeness (QED) is 0.667. The Morgan fingerprint density at radius 1 is 0.941 bits per heavy atom. The summed E-state index contributed by atoms with van der Waals surface area (Å²) in [5.41, 5.74) is 6.38. The van der Waals surface area contributed by atoms with Crippen LogP contribution in [-0.2, 0) is 6.42 Å². The molecule has 0 aliphatic carbocycles. The lowest BCUT2D eigenvalue weighted by Gasteiger charge is -2.10. The first-order chi connectivity index (χ1) is 8.22. The number of benzene rings is 2. The number of hydrogen-bond acceptors (Lipinski definition) is 0. The monoisotopic (exact) mass is 220 g/mol. The third kappa shape index (κ3) is 2.40. The van der Waals surface area contributed by atoms with Gasteiger partial charge in [-0.3, -0.25) is 0 Å². The highest BCUT2D eigenvalue weighted by molar-refractivity contribution is 5.71. The SMILES string of the molecule is C#CCc1ccc(C)c(-c2ccccc2C)c1. The Kier molecular flexibility index (Phi) is 3.30. The summed E-state index contributed by atoms with van der Waals surface area (Å²) in [5.74, 6) is 2.70. The lowest BCUT2D eigenvalue weighted by molar-refractivity contribution is 1.29. The van der Waals surface area contributed by atoms with E-state index in [0.717, 1.165) is 0 Å². The Labute approximate surface area is 103 Å². The first-order valence-corrected chi connectivity index (χ1v) is 5.81. The molecule has 0 atom stereocenters. The minimum absolute atomic E-state index is 0.694. The van der Waals surface area contributed by atoms with Crippen molar-refractivity contribution in [3.05, 3.63) is 59.2 Å². The zero-order valence-electron chi connectivity index (χ0n) is 10.3. The molecule has 84 valence electrons. The van der Waals surface area contributed by atoms with Crippen molar-refractivity contribution < 1.29 is 0 Å². The van der Waals surface area contributed by atoms with Gasteiger partial charge < -0.3 is 0 Å². The maximum atomic E-state index is 5.37. The fraction of sp³-hybridized carbons (Fsp3) is 0.176. The maximum Gasteiger partial charge on any atom is 0.0337 e.